The van der Waals surface area contributed by atoms with E-state index >= 15 is 0 Å². The van der Waals surface area contributed by atoms with Gasteiger partial charge in [0.25, 0.3) is 0 Å². The Morgan fingerprint density at radius 1 is 1.15 bits per heavy atom. The number of hydrogen-bond acceptors (Lipinski definition) is 0. The first-order valence-electron chi connectivity index (χ1n) is 3.44. The Morgan fingerprint density at radius 3 is 1.62 bits per heavy atom. The van der Waals surface area contributed by atoms with Crippen LogP contribution in [0.25, 0.3) is 0 Å². The van der Waals surface area contributed by atoms with Crippen molar-refractivity contribution < 1.29 is 21.7 Å². The van der Waals surface area contributed by atoms with Crippen molar-refractivity contribution in [2.45, 2.75) is 20.8 Å². The zero-order chi connectivity index (χ0) is 10.1. The molecule has 0 atom stereocenters. The third-order valence-electron chi connectivity index (χ3n) is 1.51. The normalized spacial score (nSPS) is 7.00. The third-order valence-corrected chi connectivity index (χ3v) is 1.51. The van der Waals surface area contributed by atoms with E-state index in [9.17, 15) is 0 Å². The zero-order valence-electron chi connectivity index (χ0n) is 8.32. The minimum atomic E-state index is 0. The van der Waals surface area contributed by atoms with Crippen LogP contribution < -0.4 is 0 Å². The van der Waals surface area contributed by atoms with Gasteiger partial charge in [0.2, 0.25) is 0 Å². The fourth-order valence-corrected chi connectivity index (χ4v) is 0.952. The van der Waals surface area contributed by atoms with Crippen molar-refractivity contribution in [3.8, 4) is 0 Å². The second kappa shape index (κ2) is 12.6. The Bertz CT molecular complexity index is 175. The van der Waals surface area contributed by atoms with Crippen molar-refractivity contribution in [1.29, 1.82) is 0 Å². The molecule has 0 aliphatic carbocycles. The maximum atomic E-state index is 4.39. The van der Waals surface area contributed by atoms with E-state index in [0.717, 1.165) is 0 Å². The Hall–Kier alpha value is 0.644. The fourth-order valence-electron chi connectivity index (χ4n) is 0.952. The molecule has 0 heterocycles. The SMILES string of the molecule is Cc1cc(C)[c-](C)c1.[CH2-]Cl.[CH2-]Cl.[Ti+3]. The molecule has 0 amide bonds. The molecule has 0 nitrogen and oxygen atoms in total. The zero-order valence-corrected chi connectivity index (χ0v) is 11.4. The second-order valence-corrected chi connectivity index (χ2v) is 2.40. The van der Waals surface area contributed by atoms with Gasteiger partial charge < -0.3 is 23.2 Å². The first-order valence-corrected chi connectivity index (χ1v) is 4.51. The molecule has 0 aliphatic rings. The minimum Gasteiger partial charge on any atom is -0.352 e. The fraction of sp³-hybridized carbons (Fsp3) is 0.300. The van der Waals surface area contributed by atoms with Gasteiger partial charge >= 0.3 is 21.7 Å². The molecular weight excluding hydrogens is 239 g/mol. The molecule has 1 radical (unpaired) electrons. The molecule has 0 aliphatic heterocycles. The summed E-state index contributed by atoms with van der Waals surface area (Å²) >= 11 is 8.78. The van der Waals surface area contributed by atoms with Crippen molar-refractivity contribution >= 4 is 23.2 Å². The summed E-state index contributed by atoms with van der Waals surface area (Å²) in [5, 5.41) is 0. The molecular formula is C10H15Cl2Ti. The Labute approximate surface area is 107 Å². The van der Waals surface area contributed by atoms with Crippen LogP contribution in [0.5, 0.6) is 0 Å². The van der Waals surface area contributed by atoms with Crippen LogP contribution in [-0.2, 0) is 21.7 Å². The predicted molar refractivity (Wildman–Crippen MR) is 58.7 cm³/mol. The van der Waals surface area contributed by atoms with Gasteiger partial charge in [0.1, 0.15) is 0 Å². The van der Waals surface area contributed by atoms with E-state index in [1.54, 1.807) is 0 Å². The molecule has 0 unspecified atom stereocenters. The van der Waals surface area contributed by atoms with Crippen LogP contribution in [0.1, 0.15) is 16.7 Å². The minimum absolute atomic E-state index is 0. The summed E-state index contributed by atoms with van der Waals surface area (Å²) in [5.74, 6) is 0. The van der Waals surface area contributed by atoms with Gasteiger partial charge in [-0.05, 0) is 0 Å². The summed E-state index contributed by atoms with van der Waals surface area (Å²) < 4.78 is 0. The van der Waals surface area contributed by atoms with E-state index in [1.165, 1.54) is 16.7 Å². The van der Waals surface area contributed by atoms with Gasteiger partial charge in [0.15, 0.2) is 0 Å². The average Bonchev–Trinajstić information content (AvgIpc) is 2.37. The van der Waals surface area contributed by atoms with Crippen LogP contribution in [0.4, 0.5) is 0 Å². The third kappa shape index (κ3) is 8.96. The van der Waals surface area contributed by atoms with E-state index in [1.807, 2.05) is 0 Å². The molecule has 0 spiro atoms. The first-order chi connectivity index (χ1) is 5.70. The Balaban J connectivity index is -0.000000178. The smallest absolute Gasteiger partial charge is 0.352 e. The maximum absolute atomic E-state index is 4.39. The van der Waals surface area contributed by atoms with Crippen molar-refractivity contribution in [3.63, 3.8) is 0 Å². The van der Waals surface area contributed by atoms with Crippen molar-refractivity contribution in [2.24, 2.45) is 0 Å². The second-order valence-electron chi connectivity index (χ2n) is 2.40. The van der Waals surface area contributed by atoms with Gasteiger partial charge in [-0.2, -0.15) is 17.2 Å². The summed E-state index contributed by atoms with van der Waals surface area (Å²) in [6, 6.07) is 4.41. The van der Waals surface area contributed by atoms with Gasteiger partial charge in [0, 0.05) is 0 Å². The molecule has 0 N–H and O–H groups in total. The molecule has 73 valence electrons. The number of rotatable bonds is 0. The Kier molecular flexibility index (Phi) is 18.7. The largest absolute Gasteiger partial charge is 3.00 e. The van der Waals surface area contributed by atoms with Crippen molar-refractivity contribution in [1.82, 2.24) is 0 Å². The van der Waals surface area contributed by atoms with Crippen molar-refractivity contribution in [3.05, 3.63) is 41.6 Å². The van der Waals surface area contributed by atoms with Crippen LogP contribution in [0.2, 0.25) is 0 Å². The molecule has 3 heteroatoms. The predicted octanol–water partition coefficient (Wildman–Crippen LogP) is 4.36. The van der Waals surface area contributed by atoms with Gasteiger partial charge in [-0.25, -0.2) is 11.6 Å². The summed E-state index contributed by atoms with van der Waals surface area (Å²) in [7, 11) is 0. The van der Waals surface area contributed by atoms with Gasteiger partial charge in [0.05, 0.1) is 0 Å². The molecule has 0 aromatic heterocycles. The average molecular weight is 254 g/mol. The monoisotopic (exact) mass is 253 g/mol. The van der Waals surface area contributed by atoms with Crippen molar-refractivity contribution in [2.75, 3.05) is 0 Å². The standard InChI is InChI=1S/C8H11.2CH2Cl.Ti/c1-6-4-7(2)8(3)5-6;2*1-2;/h4-5H,1-3H3;2*1H2;/q3*-1;+3. The maximum Gasteiger partial charge on any atom is 3.00 e. The summed E-state index contributed by atoms with van der Waals surface area (Å²) in [6.45, 7) is 6.41. The number of hydrogen-bond donors (Lipinski definition) is 0. The van der Waals surface area contributed by atoms with E-state index < -0.39 is 0 Å². The summed E-state index contributed by atoms with van der Waals surface area (Å²) in [5.41, 5.74) is 4.19. The Morgan fingerprint density at radius 2 is 1.54 bits per heavy atom. The topological polar surface area (TPSA) is 0 Å². The van der Waals surface area contributed by atoms with Crippen LogP contribution in [0.3, 0.4) is 0 Å². The molecule has 0 fully saturated rings. The van der Waals surface area contributed by atoms with E-state index in [4.69, 9.17) is 0 Å². The molecule has 1 aromatic carbocycles. The molecule has 1 aromatic rings. The van der Waals surface area contributed by atoms with E-state index in [-0.39, 0.29) is 21.7 Å². The summed E-state index contributed by atoms with van der Waals surface area (Å²) in [6.07, 6.45) is 5.44. The van der Waals surface area contributed by atoms with Crippen LogP contribution in [0, 0.1) is 33.5 Å². The van der Waals surface area contributed by atoms with Gasteiger partial charge in [-0.15, -0.1) is 0 Å². The van der Waals surface area contributed by atoms with Crippen LogP contribution in [-0.4, -0.2) is 0 Å². The van der Waals surface area contributed by atoms with Gasteiger partial charge in [-0.1, -0.05) is 20.8 Å². The molecule has 13 heavy (non-hydrogen) atoms. The van der Waals surface area contributed by atoms with Crippen LogP contribution >= 0.6 is 23.2 Å². The van der Waals surface area contributed by atoms with E-state index in [0.29, 0.717) is 0 Å². The number of halogens is 2. The van der Waals surface area contributed by atoms with E-state index in [2.05, 4.69) is 68.9 Å². The molecule has 0 bridgehead atoms. The van der Waals surface area contributed by atoms with Crippen LogP contribution in [0.15, 0.2) is 12.1 Å². The quantitative estimate of drug-likeness (QED) is 0.476. The first kappa shape index (κ1) is 19.3. The van der Waals surface area contributed by atoms with Gasteiger partial charge in [-0.3, -0.25) is 12.8 Å². The molecule has 0 saturated heterocycles. The molecule has 0 saturated carbocycles. The molecule has 1 rings (SSSR count). The summed E-state index contributed by atoms with van der Waals surface area (Å²) in [4.78, 5) is 0. The number of aryl methyl sites for hydroxylation is 3.